The van der Waals surface area contributed by atoms with Crippen molar-refractivity contribution in [2.45, 2.75) is 13.0 Å². The van der Waals surface area contributed by atoms with E-state index in [1.807, 2.05) is 6.07 Å². The Morgan fingerprint density at radius 1 is 1.43 bits per heavy atom. The fourth-order valence-corrected chi connectivity index (χ4v) is 3.19. The number of hydrogen-bond donors (Lipinski definition) is 2. The molecule has 110 valence electrons. The van der Waals surface area contributed by atoms with Gasteiger partial charge in [0.1, 0.15) is 16.4 Å². The van der Waals surface area contributed by atoms with Crippen molar-refractivity contribution in [1.82, 2.24) is 5.32 Å². The molecule has 0 radical (unpaired) electrons. The van der Waals surface area contributed by atoms with Crippen molar-refractivity contribution in [3.8, 4) is 5.75 Å². The molecule has 1 aliphatic heterocycles. The molecule has 2 heterocycles. The maximum absolute atomic E-state index is 14.5. The Kier molecular flexibility index (Phi) is 3.90. The van der Waals surface area contributed by atoms with Gasteiger partial charge in [-0.2, -0.15) is 0 Å². The summed E-state index contributed by atoms with van der Waals surface area (Å²) in [7, 11) is 1.51. The second-order valence-corrected chi connectivity index (χ2v) is 5.68. The predicted octanol–water partition coefficient (Wildman–Crippen LogP) is 2.79. The van der Waals surface area contributed by atoms with Gasteiger partial charge in [0.15, 0.2) is 0 Å². The lowest BCUT2D eigenvalue weighted by Gasteiger charge is -2.19. The standard InChI is InChI=1S/C15H15FN2O2S/c1-20-12-5-7-21-14(12)15(19)18-11-3-2-9-8-17-6-4-10(9)13(11)16/h2-3,5,7,17H,4,6,8H2,1H3,(H,18,19). The van der Waals surface area contributed by atoms with Crippen LogP contribution < -0.4 is 15.4 Å². The summed E-state index contributed by atoms with van der Waals surface area (Å²) in [6.07, 6.45) is 0.632. The van der Waals surface area contributed by atoms with Crippen LogP contribution in [0.5, 0.6) is 5.75 Å². The van der Waals surface area contributed by atoms with Crippen LogP contribution in [0.15, 0.2) is 23.6 Å². The number of anilines is 1. The molecular formula is C15H15FN2O2S. The van der Waals surface area contributed by atoms with Crippen molar-refractivity contribution in [3.63, 3.8) is 0 Å². The molecule has 2 N–H and O–H groups in total. The number of hydrogen-bond acceptors (Lipinski definition) is 4. The number of rotatable bonds is 3. The Bertz CT molecular complexity index is 684. The van der Waals surface area contributed by atoms with Crippen LogP contribution in [0.2, 0.25) is 0 Å². The summed E-state index contributed by atoms with van der Waals surface area (Å²) < 4.78 is 19.6. The highest BCUT2D eigenvalue weighted by atomic mass is 32.1. The van der Waals surface area contributed by atoms with Gasteiger partial charge in [0.25, 0.3) is 5.91 Å². The van der Waals surface area contributed by atoms with E-state index in [2.05, 4.69) is 10.6 Å². The fourth-order valence-electron chi connectivity index (χ4n) is 2.43. The Morgan fingerprint density at radius 3 is 3.10 bits per heavy atom. The van der Waals surface area contributed by atoms with Gasteiger partial charge in [-0.15, -0.1) is 11.3 Å². The first-order valence-electron chi connectivity index (χ1n) is 6.64. The first kappa shape index (κ1) is 14.0. The maximum atomic E-state index is 14.5. The van der Waals surface area contributed by atoms with Crippen molar-refractivity contribution < 1.29 is 13.9 Å². The van der Waals surface area contributed by atoms with E-state index in [0.29, 0.717) is 29.2 Å². The normalized spacial score (nSPS) is 13.6. The van der Waals surface area contributed by atoms with Gasteiger partial charge >= 0.3 is 0 Å². The molecule has 0 aliphatic carbocycles. The van der Waals surface area contributed by atoms with Gasteiger partial charge in [0.2, 0.25) is 0 Å². The molecule has 0 atom stereocenters. The van der Waals surface area contributed by atoms with Crippen molar-refractivity contribution in [3.05, 3.63) is 45.4 Å². The van der Waals surface area contributed by atoms with E-state index in [1.54, 1.807) is 17.5 Å². The molecule has 0 bridgehead atoms. The lowest BCUT2D eigenvalue weighted by Crippen LogP contribution is -2.25. The summed E-state index contributed by atoms with van der Waals surface area (Å²) in [6, 6.07) is 5.18. The molecule has 1 aliphatic rings. The molecule has 1 aromatic carbocycles. The quantitative estimate of drug-likeness (QED) is 0.917. The second kappa shape index (κ2) is 5.83. The zero-order valence-corrected chi connectivity index (χ0v) is 12.3. The van der Waals surface area contributed by atoms with E-state index in [1.165, 1.54) is 18.4 Å². The summed E-state index contributed by atoms with van der Waals surface area (Å²) in [6.45, 7) is 1.42. The smallest absolute Gasteiger partial charge is 0.269 e. The summed E-state index contributed by atoms with van der Waals surface area (Å²) in [4.78, 5) is 12.7. The average molecular weight is 306 g/mol. The van der Waals surface area contributed by atoms with Crippen LogP contribution in [-0.2, 0) is 13.0 Å². The van der Waals surface area contributed by atoms with E-state index in [-0.39, 0.29) is 17.4 Å². The molecule has 0 saturated heterocycles. The van der Waals surface area contributed by atoms with Crippen LogP contribution in [0.4, 0.5) is 10.1 Å². The Labute approximate surface area is 125 Å². The third kappa shape index (κ3) is 2.64. The van der Waals surface area contributed by atoms with Gasteiger partial charge in [-0.05, 0) is 41.6 Å². The summed E-state index contributed by atoms with van der Waals surface area (Å²) >= 11 is 1.27. The lowest BCUT2D eigenvalue weighted by molar-refractivity contribution is 0.102. The number of benzene rings is 1. The number of carbonyl (C=O) groups excluding carboxylic acids is 1. The number of amides is 1. The molecule has 0 unspecified atom stereocenters. The van der Waals surface area contributed by atoms with Crippen molar-refractivity contribution in [2.75, 3.05) is 19.0 Å². The van der Waals surface area contributed by atoms with E-state index < -0.39 is 0 Å². The Morgan fingerprint density at radius 2 is 2.29 bits per heavy atom. The van der Waals surface area contributed by atoms with Gasteiger partial charge in [-0.3, -0.25) is 4.79 Å². The highest BCUT2D eigenvalue weighted by molar-refractivity contribution is 7.12. The Hall–Kier alpha value is -1.92. The van der Waals surface area contributed by atoms with Crippen LogP contribution in [0.25, 0.3) is 0 Å². The van der Waals surface area contributed by atoms with E-state index in [0.717, 1.165) is 12.1 Å². The topological polar surface area (TPSA) is 50.4 Å². The summed E-state index contributed by atoms with van der Waals surface area (Å²) in [5, 5.41) is 7.60. The third-order valence-electron chi connectivity index (χ3n) is 3.51. The zero-order valence-electron chi connectivity index (χ0n) is 11.5. The van der Waals surface area contributed by atoms with Crippen LogP contribution in [-0.4, -0.2) is 19.6 Å². The number of nitrogens with one attached hydrogen (secondary N) is 2. The average Bonchev–Trinajstić information content (AvgIpc) is 2.99. The SMILES string of the molecule is COc1ccsc1C(=O)Nc1ccc2c(c1F)CCNC2. The van der Waals surface area contributed by atoms with Crippen LogP contribution >= 0.6 is 11.3 Å². The summed E-state index contributed by atoms with van der Waals surface area (Å²) in [5.41, 5.74) is 1.85. The third-order valence-corrected chi connectivity index (χ3v) is 4.41. The molecule has 0 fully saturated rings. The summed E-state index contributed by atoms with van der Waals surface area (Å²) in [5.74, 6) is -0.187. The first-order chi connectivity index (χ1) is 10.2. The van der Waals surface area contributed by atoms with Gasteiger partial charge in [-0.1, -0.05) is 6.07 Å². The monoisotopic (exact) mass is 306 g/mol. The molecule has 1 amide bonds. The molecule has 4 nitrogen and oxygen atoms in total. The van der Waals surface area contributed by atoms with Crippen molar-refractivity contribution in [2.24, 2.45) is 0 Å². The number of carbonyl (C=O) groups is 1. The number of halogens is 1. The molecule has 1 aromatic heterocycles. The van der Waals surface area contributed by atoms with Crippen LogP contribution in [0.3, 0.4) is 0 Å². The molecule has 0 spiro atoms. The van der Waals surface area contributed by atoms with Gasteiger partial charge in [0.05, 0.1) is 12.8 Å². The number of fused-ring (bicyclic) bond motifs is 1. The highest BCUT2D eigenvalue weighted by Crippen LogP contribution is 2.28. The van der Waals surface area contributed by atoms with Crippen molar-refractivity contribution in [1.29, 1.82) is 0 Å². The minimum absolute atomic E-state index is 0.219. The van der Waals surface area contributed by atoms with E-state index in [9.17, 15) is 9.18 Å². The molecule has 0 saturated carbocycles. The molecule has 2 aromatic rings. The predicted molar refractivity (Wildman–Crippen MR) is 80.6 cm³/mol. The van der Waals surface area contributed by atoms with Crippen LogP contribution in [0.1, 0.15) is 20.8 Å². The van der Waals surface area contributed by atoms with Gasteiger partial charge < -0.3 is 15.4 Å². The van der Waals surface area contributed by atoms with E-state index in [4.69, 9.17) is 4.74 Å². The largest absolute Gasteiger partial charge is 0.495 e. The second-order valence-electron chi connectivity index (χ2n) is 4.76. The molecule has 3 rings (SSSR count). The minimum Gasteiger partial charge on any atom is -0.495 e. The lowest BCUT2D eigenvalue weighted by atomic mass is 9.99. The van der Waals surface area contributed by atoms with Gasteiger partial charge in [-0.25, -0.2) is 4.39 Å². The van der Waals surface area contributed by atoms with E-state index >= 15 is 0 Å². The number of methoxy groups -OCH3 is 1. The van der Waals surface area contributed by atoms with Crippen LogP contribution in [0, 0.1) is 5.82 Å². The zero-order chi connectivity index (χ0) is 14.8. The first-order valence-corrected chi connectivity index (χ1v) is 7.52. The maximum Gasteiger partial charge on any atom is 0.269 e. The number of thiophene rings is 1. The van der Waals surface area contributed by atoms with Crippen molar-refractivity contribution >= 4 is 22.9 Å². The van der Waals surface area contributed by atoms with Gasteiger partial charge in [0, 0.05) is 6.54 Å². The highest BCUT2D eigenvalue weighted by Gasteiger charge is 2.19. The number of ether oxygens (including phenoxy) is 1. The molecule has 21 heavy (non-hydrogen) atoms. The molecule has 6 heteroatoms. The Balaban J connectivity index is 1.87. The molecular weight excluding hydrogens is 291 g/mol. The fraction of sp³-hybridized carbons (Fsp3) is 0.267. The minimum atomic E-state index is -0.352.